The van der Waals surface area contributed by atoms with Crippen molar-refractivity contribution in [2.24, 2.45) is 0 Å². The van der Waals surface area contributed by atoms with Gasteiger partial charge in [-0.25, -0.2) is 0 Å². The molecule has 0 fully saturated rings. The minimum atomic E-state index is 0.891. The zero-order valence-corrected chi connectivity index (χ0v) is 14.7. The van der Waals surface area contributed by atoms with E-state index >= 15 is 0 Å². The van der Waals surface area contributed by atoms with Gasteiger partial charge in [-0.1, -0.05) is 78.9 Å². The van der Waals surface area contributed by atoms with Crippen LogP contribution in [0.25, 0.3) is 11.6 Å². The van der Waals surface area contributed by atoms with Crippen molar-refractivity contribution in [1.82, 2.24) is 0 Å². The summed E-state index contributed by atoms with van der Waals surface area (Å²) in [7, 11) is 1.70. The summed E-state index contributed by atoms with van der Waals surface area (Å²) in [6.45, 7) is 0. The largest absolute Gasteiger partial charge is 0.497 e. The molecule has 3 aromatic rings. The minimum Gasteiger partial charge on any atom is -0.497 e. The Hall–Kier alpha value is -2.80. The van der Waals surface area contributed by atoms with Crippen molar-refractivity contribution in [2.45, 2.75) is 19.3 Å². The van der Waals surface area contributed by atoms with Crippen LogP contribution in [0.1, 0.15) is 29.5 Å². The quantitative estimate of drug-likeness (QED) is 0.465. The Morgan fingerprint density at radius 2 is 1.44 bits per heavy atom. The highest BCUT2D eigenvalue weighted by Gasteiger charge is 2.03. The van der Waals surface area contributed by atoms with Gasteiger partial charge in [0.1, 0.15) is 5.75 Å². The van der Waals surface area contributed by atoms with Crippen LogP contribution >= 0.6 is 0 Å². The molecule has 25 heavy (non-hydrogen) atoms. The first-order chi connectivity index (χ1) is 12.3. The zero-order chi connectivity index (χ0) is 17.3. The van der Waals surface area contributed by atoms with Crippen LogP contribution < -0.4 is 4.74 Å². The Labute approximate surface area is 150 Å². The fourth-order valence-corrected chi connectivity index (χ4v) is 2.98. The molecule has 0 bridgehead atoms. The number of aryl methyl sites for hydroxylation is 1. The molecule has 0 aromatic heterocycles. The van der Waals surface area contributed by atoms with Crippen LogP contribution in [0, 0.1) is 0 Å². The lowest BCUT2D eigenvalue weighted by Crippen LogP contribution is -1.90. The first-order valence-corrected chi connectivity index (χ1v) is 8.79. The van der Waals surface area contributed by atoms with Crippen molar-refractivity contribution < 1.29 is 4.74 Å². The van der Waals surface area contributed by atoms with Crippen molar-refractivity contribution in [1.29, 1.82) is 0 Å². The summed E-state index contributed by atoms with van der Waals surface area (Å²) in [5, 5.41) is 0. The second-order valence-electron chi connectivity index (χ2n) is 6.15. The fourth-order valence-electron chi connectivity index (χ4n) is 2.98. The lowest BCUT2D eigenvalue weighted by Gasteiger charge is -2.09. The summed E-state index contributed by atoms with van der Waals surface area (Å²) >= 11 is 0. The molecule has 0 saturated heterocycles. The van der Waals surface area contributed by atoms with Crippen LogP contribution in [0.15, 0.2) is 84.9 Å². The summed E-state index contributed by atoms with van der Waals surface area (Å²) in [5.74, 6) is 0.891. The van der Waals surface area contributed by atoms with Gasteiger partial charge in [-0.2, -0.15) is 0 Å². The van der Waals surface area contributed by atoms with Gasteiger partial charge in [0.2, 0.25) is 0 Å². The predicted octanol–water partition coefficient (Wildman–Crippen LogP) is 6.26. The molecule has 3 aromatic carbocycles. The maximum Gasteiger partial charge on any atom is 0.118 e. The molecule has 0 N–H and O–H groups in total. The summed E-state index contributed by atoms with van der Waals surface area (Å²) in [4.78, 5) is 0. The van der Waals surface area contributed by atoms with Crippen molar-refractivity contribution in [3.63, 3.8) is 0 Å². The molecule has 1 nitrogen and oxygen atoms in total. The average molecular weight is 328 g/mol. The second-order valence-corrected chi connectivity index (χ2v) is 6.15. The topological polar surface area (TPSA) is 9.23 Å². The summed E-state index contributed by atoms with van der Waals surface area (Å²) in [6.07, 6.45) is 5.60. The van der Waals surface area contributed by atoms with Crippen LogP contribution in [-0.4, -0.2) is 7.11 Å². The van der Waals surface area contributed by atoms with Crippen LogP contribution in [-0.2, 0) is 6.42 Å². The van der Waals surface area contributed by atoms with Gasteiger partial charge in [-0.05, 0) is 53.7 Å². The van der Waals surface area contributed by atoms with Gasteiger partial charge < -0.3 is 4.74 Å². The number of hydrogen-bond donors (Lipinski definition) is 0. The first kappa shape index (κ1) is 17.0. The smallest absolute Gasteiger partial charge is 0.118 e. The van der Waals surface area contributed by atoms with Crippen molar-refractivity contribution >= 4 is 11.6 Å². The van der Waals surface area contributed by atoms with E-state index in [4.69, 9.17) is 4.74 Å². The van der Waals surface area contributed by atoms with Crippen LogP contribution in [0.5, 0.6) is 5.75 Å². The van der Waals surface area contributed by atoms with E-state index in [0.29, 0.717) is 0 Å². The SMILES string of the molecule is COc1ccc(/C=C(/CCCc2ccccc2)c2ccccc2)cc1. The van der Waals surface area contributed by atoms with Gasteiger partial charge >= 0.3 is 0 Å². The van der Waals surface area contributed by atoms with E-state index in [-0.39, 0.29) is 0 Å². The number of benzene rings is 3. The molecular weight excluding hydrogens is 304 g/mol. The lowest BCUT2D eigenvalue weighted by molar-refractivity contribution is 0.415. The van der Waals surface area contributed by atoms with Crippen LogP contribution in [0.3, 0.4) is 0 Å². The fraction of sp³-hybridized carbons (Fsp3) is 0.167. The van der Waals surface area contributed by atoms with Gasteiger partial charge in [-0.15, -0.1) is 0 Å². The van der Waals surface area contributed by atoms with Crippen LogP contribution in [0.2, 0.25) is 0 Å². The Bertz CT molecular complexity index is 787. The molecule has 0 aliphatic carbocycles. The lowest BCUT2D eigenvalue weighted by atomic mass is 9.96. The third-order valence-electron chi connectivity index (χ3n) is 4.36. The number of allylic oxidation sites excluding steroid dienone is 1. The third kappa shape index (κ3) is 5.09. The molecule has 0 saturated carbocycles. The summed E-state index contributed by atoms with van der Waals surface area (Å²) < 4.78 is 5.25. The molecule has 0 aliphatic rings. The molecule has 0 atom stereocenters. The number of hydrogen-bond acceptors (Lipinski definition) is 1. The molecule has 0 heterocycles. The van der Waals surface area contributed by atoms with Gasteiger partial charge in [0.15, 0.2) is 0 Å². The van der Waals surface area contributed by atoms with E-state index in [1.165, 1.54) is 22.3 Å². The molecule has 126 valence electrons. The van der Waals surface area contributed by atoms with E-state index in [1.54, 1.807) is 7.11 Å². The highest BCUT2D eigenvalue weighted by Crippen LogP contribution is 2.25. The normalized spacial score (nSPS) is 11.3. The highest BCUT2D eigenvalue weighted by molar-refractivity contribution is 5.81. The molecule has 1 heteroatoms. The number of ether oxygens (including phenoxy) is 1. The minimum absolute atomic E-state index is 0.891. The first-order valence-electron chi connectivity index (χ1n) is 8.79. The molecule has 0 radical (unpaired) electrons. The monoisotopic (exact) mass is 328 g/mol. The van der Waals surface area contributed by atoms with E-state index < -0.39 is 0 Å². The third-order valence-corrected chi connectivity index (χ3v) is 4.36. The van der Waals surface area contributed by atoms with E-state index in [9.17, 15) is 0 Å². The van der Waals surface area contributed by atoms with Gasteiger partial charge in [-0.3, -0.25) is 0 Å². The van der Waals surface area contributed by atoms with Crippen molar-refractivity contribution in [3.8, 4) is 5.75 Å². The second kappa shape index (κ2) is 8.89. The van der Waals surface area contributed by atoms with E-state index in [1.807, 2.05) is 12.1 Å². The van der Waals surface area contributed by atoms with Crippen LogP contribution in [0.4, 0.5) is 0 Å². The van der Waals surface area contributed by atoms with E-state index in [0.717, 1.165) is 25.0 Å². The Balaban J connectivity index is 1.76. The molecular formula is C24H24O. The standard InChI is InChI=1S/C24H24O/c1-25-24-17-15-21(16-18-24)19-23(22-12-6-3-7-13-22)14-8-11-20-9-4-2-5-10-20/h2-7,9-10,12-13,15-19H,8,11,14H2,1H3/b23-19-. The predicted molar refractivity (Wildman–Crippen MR) is 107 cm³/mol. The molecule has 0 aliphatic heterocycles. The highest BCUT2D eigenvalue weighted by atomic mass is 16.5. The maximum absolute atomic E-state index is 5.25. The number of methoxy groups -OCH3 is 1. The van der Waals surface area contributed by atoms with Gasteiger partial charge in [0, 0.05) is 0 Å². The van der Waals surface area contributed by atoms with E-state index in [2.05, 4.69) is 78.9 Å². The maximum atomic E-state index is 5.25. The van der Waals surface area contributed by atoms with Crippen molar-refractivity contribution in [2.75, 3.05) is 7.11 Å². The zero-order valence-electron chi connectivity index (χ0n) is 14.7. The molecule has 0 spiro atoms. The van der Waals surface area contributed by atoms with Gasteiger partial charge in [0.25, 0.3) is 0 Å². The van der Waals surface area contributed by atoms with Gasteiger partial charge in [0.05, 0.1) is 7.11 Å². The molecule has 3 rings (SSSR count). The Kier molecular flexibility index (Phi) is 6.06. The molecule has 0 amide bonds. The summed E-state index contributed by atoms with van der Waals surface area (Å²) in [6, 6.07) is 29.6. The number of rotatable bonds is 7. The Morgan fingerprint density at radius 3 is 2.08 bits per heavy atom. The van der Waals surface area contributed by atoms with Crippen molar-refractivity contribution in [3.05, 3.63) is 102 Å². The Morgan fingerprint density at radius 1 is 0.800 bits per heavy atom. The average Bonchev–Trinajstić information content (AvgIpc) is 2.69. The summed E-state index contributed by atoms with van der Waals surface area (Å²) in [5.41, 5.74) is 5.28. The molecule has 0 unspecified atom stereocenters.